The topological polar surface area (TPSA) is 38.7 Å². The Balaban J connectivity index is 2.39. The lowest BCUT2D eigenvalue weighted by Crippen LogP contribution is -2.12. The molecular weight excluding hydrogens is 228 g/mol. The van der Waals surface area contributed by atoms with Gasteiger partial charge in [-0.25, -0.2) is 0 Å². The summed E-state index contributed by atoms with van der Waals surface area (Å²) in [6.07, 6.45) is 2.44. The molecule has 1 aromatic carbocycles. The van der Waals surface area contributed by atoms with E-state index in [-0.39, 0.29) is 0 Å². The molecule has 0 heterocycles. The molecule has 0 amide bonds. The van der Waals surface area contributed by atoms with Gasteiger partial charge >= 0.3 is 0 Å². The molecule has 1 aliphatic rings. The normalized spacial score (nSPS) is 16.8. The van der Waals surface area contributed by atoms with Crippen molar-refractivity contribution in [1.82, 2.24) is 0 Å². The van der Waals surface area contributed by atoms with Crippen LogP contribution in [0.25, 0.3) is 0 Å². The van der Waals surface area contributed by atoms with Crippen molar-refractivity contribution in [2.75, 3.05) is 14.2 Å². The van der Waals surface area contributed by atoms with E-state index in [0.29, 0.717) is 12.3 Å². The second kappa shape index (κ2) is 4.81. The maximum Gasteiger partial charge on any atom is 0.126 e. The molecule has 3 nitrogen and oxygen atoms in total. The van der Waals surface area contributed by atoms with Gasteiger partial charge in [0.2, 0.25) is 0 Å². The van der Waals surface area contributed by atoms with Crippen LogP contribution in [0.5, 0.6) is 11.5 Å². The summed E-state index contributed by atoms with van der Waals surface area (Å²) in [5, 5.41) is 10.1. The van der Waals surface area contributed by atoms with E-state index in [1.807, 2.05) is 6.07 Å². The van der Waals surface area contributed by atoms with Gasteiger partial charge < -0.3 is 14.6 Å². The zero-order valence-electron chi connectivity index (χ0n) is 11.6. The Morgan fingerprint density at radius 2 is 1.78 bits per heavy atom. The van der Waals surface area contributed by atoms with Gasteiger partial charge in [-0.3, -0.25) is 0 Å². The Bertz CT molecular complexity index is 434. The molecule has 1 aromatic rings. The van der Waals surface area contributed by atoms with Crippen LogP contribution in [-0.4, -0.2) is 24.9 Å². The molecular formula is C15H22O3. The van der Waals surface area contributed by atoms with Crippen LogP contribution in [0.1, 0.15) is 43.7 Å². The zero-order valence-corrected chi connectivity index (χ0v) is 11.6. The van der Waals surface area contributed by atoms with Crippen molar-refractivity contribution in [3.63, 3.8) is 0 Å². The van der Waals surface area contributed by atoms with Gasteiger partial charge in [0.15, 0.2) is 0 Å². The van der Waals surface area contributed by atoms with Crippen molar-refractivity contribution in [3.8, 4) is 11.5 Å². The van der Waals surface area contributed by atoms with Gasteiger partial charge in [0.05, 0.1) is 19.8 Å². The molecule has 0 aromatic heterocycles. The molecule has 0 bridgehead atoms. The minimum atomic E-state index is -0.504. The summed E-state index contributed by atoms with van der Waals surface area (Å²) in [4.78, 5) is 0. The Morgan fingerprint density at radius 3 is 2.22 bits per heavy atom. The van der Waals surface area contributed by atoms with Crippen molar-refractivity contribution in [3.05, 3.63) is 23.3 Å². The molecule has 1 saturated carbocycles. The molecule has 1 fully saturated rings. The second-order valence-electron chi connectivity index (χ2n) is 5.46. The van der Waals surface area contributed by atoms with Crippen LogP contribution < -0.4 is 9.47 Å². The van der Waals surface area contributed by atoms with Gasteiger partial charge in [-0.15, -0.1) is 0 Å². The van der Waals surface area contributed by atoms with E-state index in [9.17, 15) is 5.11 Å². The molecule has 3 heteroatoms. The van der Waals surface area contributed by atoms with Crippen LogP contribution >= 0.6 is 0 Å². The van der Waals surface area contributed by atoms with Crippen LogP contribution in [-0.2, 0) is 6.42 Å². The first-order valence-corrected chi connectivity index (χ1v) is 6.46. The molecule has 0 saturated heterocycles. The van der Waals surface area contributed by atoms with Crippen LogP contribution in [0.15, 0.2) is 12.1 Å². The average molecular weight is 250 g/mol. The predicted octanol–water partition coefficient (Wildman–Crippen LogP) is 2.89. The van der Waals surface area contributed by atoms with E-state index < -0.39 is 5.60 Å². The second-order valence-corrected chi connectivity index (χ2v) is 5.46. The van der Waals surface area contributed by atoms with Crippen LogP contribution in [0, 0.1) is 0 Å². The van der Waals surface area contributed by atoms with Gasteiger partial charge in [-0.1, -0.05) is 13.8 Å². The third kappa shape index (κ3) is 2.61. The van der Waals surface area contributed by atoms with Gasteiger partial charge in [-0.2, -0.15) is 0 Å². The molecule has 0 spiro atoms. The SMILES string of the molecule is COc1cc(OC)c(C(C)C)cc1CC1(O)CC1. The van der Waals surface area contributed by atoms with Crippen molar-refractivity contribution >= 4 is 0 Å². The fourth-order valence-electron chi connectivity index (χ4n) is 2.26. The summed E-state index contributed by atoms with van der Waals surface area (Å²) in [5.41, 5.74) is 1.73. The number of aliphatic hydroxyl groups is 1. The first-order chi connectivity index (χ1) is 8.49. The van der Waals surface area contributed by atoms with Gasteiger partial charge in [0.1, 0.15) is 11.5 Å². The van der Waals surface area contributed by atoms with E-state index in [0.717, 1.165) is 35.5 Å². The highest BCUT2D eigenvalue weighted by atomic mass is 16.5. The largest absolute Gasteiger partial charge is 0.496 e. The molecule has 18 heavy (non-hydrogen) atoms. The number of rotatable bonds is 5. The standard InChI is InChI=1S/C15H22O3/c1-10(2)12-7-11(9-15(16)5-6-15)13(17-3)8-14(12)18-4/h7-8,10,16H,5-6,9H2,1-4H3. The molecule has 1 N–H and O–H groups in total. The monoisotopic (exact) mass is 250 g/mol. The lowest BCUT2D eigenvalue weighted by Gasteiger charge is -2.18. The van der Waals surface area contributed by atoms with Crippen LogP contribution in [0.2, 0.25) is 0 Å². The summed E-state index contributed by atoms with van der Waals surface area (Å²) in [6.45, 7) is 4.28. The van der Waals surface area contributed by atoms with E-state index in [2.05, 4.69) is 19.9 Å². The molecule has 0 atom stereocenters. The minimum Gasteiger partial charge on any atom is -0.496 e. The number of ether oxygens (including phenoxy) is 2. The molecule has 0 unspecified atom stereocenters. The quantitative estimate of drug-likeness (QED) is 0.873. The average Bonchev–Trinajstić information content (AvgIpc) is 3.06. The van der Waals surface area contributed by atoms with E-state index in [1.165, 1.54) is 0 Å². The van der Waals surface area contributed by atoms with Gasteiger partial charge in [0.25, 0.3) is 0 Å². The minimum absolute atomic E-state index is 0.387. The third-order valence-corrected chi connectivity index (χ3v) is 3.60. The fraction of sp³-hybridized carbons (Fsp3) is 0.600. The predicted molar refractivity (Wildman–Crippen MR) is 71.5 cm³/mol. The summed E-state index contributed by atoms with van der Waals surface area (Å²) >= 11 is 0. The summed E-state index contributed by atoms with van der Waals surface area (Å²) in [6, 6.07) is 4.04. The Morgan fingerprint density at radius 1 is 1.17 bits per heavy atom. The lowest BCUT2D eigenvalue weighted by atomic mass is 9.96. The summed E-state index contributed by atoms with van der Waals surface area (Å²) in [7, 11) is 3.33. The maximum atomic E-state index is 10.1. The Kier molecular flexibility index (Phi) is 3.53. The molecule has 0 radical (unpaired) electrons. The molecule has 100 valence electrons. The zero-order chi connectivity index (χ0) is 13.3. The van der Waals surface area contributed by atoms with E-state index in [4.69, 9.17) is 9.47 Å². The first kappa shape index (κ1) is 13.2. The van der Waals surface area contributed by atoms with E-state index >= 15 is 0 Å². The number of hydrogen-bond donors (Lipinski definition) is 1. The van der Waals surface area contributed by atoms with Gasteiger partial charge in [0, 0.05) is 12.5 Å². The number of methoxy groups -OCH3 is 2. The van der Waals surface area contributed by atoms with Crippen molar-refractivity contribution in [1.29, 1.82) is 0 Å². The highest BCUT2D eigenvalue weighted by Gasteiger charge is 2.41. The number of benzene rings is 1. The summed E-state index contributed by atoms with van der Waals surface area (Å²) < 4.78 is 10.8. The van der Waals surface area contributed by atoms with Crippen molar-refractivity contribution in [2.24, 2.45) is 0 Å². The van der Waals surface area contributed by atoms with Crippen molar-refractivity contribution in [2.45, 2.75) is 44.6 Å². The first-order valence-electron chi connectivity index (χ1n) is 6.46. The fourth-order valence-corrected chi connectivity index (χ4v) is 2.26. The van der Waals surface area contributed by atoms with E-state index in [1.54, 1.807) is 14.2 Å². The summed E-state index contributed by atoms with van der Waals surface area (Å²) in [5.74, 6) is 2.04. The molecule has 2 rings (SSSR count). The maximum absolute atomic E-state index is 10.1. The smallest absolute Gasteiger partial charge is 0.126 e. The molecule has 1 aliphatic carbocycles. The lowest BCUT2D eigenvalue weighted by molar-refractivity contribution is 0.150. The Hall–Kier alpha value is -1.22. The van der Waals surface area contributed by atoms with Crippen LogP contribution in [0.3, 0.4) is 0 Å². The van der Waals surface area contributed by atoms with Crippen molar-refractivity contribution < 1.29 is 14.6 Å². The van der Waals surface area contributed by atoms with Gasteiger partial charge in [-0.05, 0) is 36.0 Å². The van der Waals surface area contributed by atoms with Crippen LogP contribution in [0.4, 0.5) is 0 Å². The number of hydrogen-bond acceptors (Lipinski definition) is 3. The highest BCUT2D eigenvalue weighted by Crippen LogP contribution is 2.42. The highest BCUT2D eigenvalue weighted by molar-refractivity contribution is 5.48. The third-order valence-electron chi connectivity index (χ3n) is 3.60. The Labute approximate surface area is 109 Å². The molecule has 0 aliphatic heterocycles.